The maximum atomic E-state index is 12.0. The second-order valence-corrected chi connectivity index (χ2v) is 8.16. The Morgan fingerprint density at radius 3 is 2.40 bits per heavy atom. The molecule has 1 fully saturated rings. The van der Waals surface area contributed by atoms with Crippen LogP contribution in [0.4, 0.5) is 0 Å². The predicted molar refractivity (Wildman–Crippen MR) is 80.8 cm³/mol. The minimum absolute atomic E-state index is 0.0302. The first-order valence-corrected chi connectivity index (χ1v) is 9.23. The molecule has 0 atom stereocenters. The maximum absolute atomic E-state index is 12.0. The van der Waals surface area contributed by atoms with Gasteiger partial charge in [-0.05, 0) is 38.5 Å². The van der Waals surface area contributed by atoms with Crippen LogP contribution in [0.5, 0.6) is 0 Å². The molecule has 1 heterocycles. The minimum atomic E-state index is -3.10. The van der Waals surface area contributed by atoms with E-state index >= 15 is 0 Å². The van der Waals surface area contributed by atoms with Gasteiger partial charge in [0, 0.05) is 25.6 Å². The molecule has 5 nitrogen and oxygen atoms in total. The molecule has 1 aliphatic rings. The number of piperidine rings is 1. The van der Waals surface area contributed by atoms with Gasteiger partial charge in [-0.25, -0.2) is 12.7 Å². The van der Waals surface area contributed by atoms with E-state index < -0.39 is 10.0 Å². The van der Waals surface area contributed by atoms with E-state index in [9.17, 15) is 13.2 Å². The number of nitrogens with zero attached hydrogens (tertiary/aromatic N) is 1. The Bertz CT molecular complexity index is 399. The molecular weight excluding hydrogens is 276 g/mol. The first-order valence-electron chi connectivity index (χ1n) is 7.62. The summed E-state index contributed by atoms with van der Waals surface area (Å²) >= 11 is 0. The average molecular weight is 304 g/mol. The van der Waals surface area contributed by atoms with E-state index in [1.165, 1.54) is 4.31 Å². The van der Waals surface area contributed by atoms with E-state index in [0.717, 1.165) is 19.4 Å². The second kappa shape index (κ2) is 7.98. The van der Waals surface area contributed by atoms with Crippen LogP contribution in [0.3, 0.4) is 0 Å². The van der Waals surface area contributed by atoms with Crippen molar-refractivity contribution >= 4 is 15.9 Å². The van der Waals surface area contributed by atoms with Gasteiger partial charge >= 0.3 is 0 Å². The highest BCUT2D eigenvalue weighted by Crippen LogP contribution is 2.20. The summed E-state index contributed by atoms with van der Waals surface area (Å²) < 4.78 is 25.0. The lowest BCUT2D eigenvalue weighted by atomic mass is 9.97. The molecule has 0 aromatic carbocycles. The fourth-order valence-electron chi connectivity index (χ4n) is 2.44. The Labute approximate surface area is 123 Å². The number of hydrogen-bond acceptors (Lipinski definition) is 3. The fourth-order valence-corrected chi connectivity index (χ4v) is 3.58. The van der Waals surface area contributed by atoms with E-state index in [-0.39, 0.29) is 17.6 Å². The van der Waals surface area contributed by atoms with Gasteiger partial charge in [-0.3, -0.25) is 4.79 Å². The van der Waals surface area contributed by atoms with Crippen molar-refractivity contribution in [3.8, 4) is 0 Å². The lowest BCUT2D eigenvalue weighted by molar-refractivity contribution is -0.126. The molecule has 1 N–H and O–H groups in total. The van der Waals surface area contributed by atoms with E-state index in [2.05, 4.69) is 19.2 Å². The molecule has 6 heteroatoms. The molecule has 118 valence electrons. The molecule has 0 aromatic heterocycles. The van der Waals surface area contributed by atoms with Crippen molar-refractivity contribution < 1.29 is 13.2 Å². The number of rotatable bonds is 7. The van der Waals surface area contributed by atoms with Gasteiger partial charge in [0.1, 0.15) is 0 Å². The molecule has 1 amide bonds. The van der Waals surface area contributed by atoms with Crippen LogP contribution in [0.2, 0.25) is 0 Å². The van der Waals surface area contributed by atoms with Crippen LogP contribution in [-0.4, -0.2) is 44.0 Å². The molecule has 0 unspecified atom stereocenters. The summed E-state index contributed by atoms with van der Waals surface area (Å²) in [6, 6.07) is 0. The van der Waals surface area contributed by atoms with E-state index in [4.69, 9.17) is 0 Å². The zero-order chi connectivity index (χ0) is 15.2. The van der Waals surface area contributed by atoms with Gasteiger partial charge in [-0.1, -0.05) is 13.8 Å². The van der Waals surface area contributed by atoms with Crippen molar-refractivity contribution in [1.29, 1.82) is 0 Å². The van der Waals surface area contributed by atoms with Crippen molar-refractivity contribution in [3.63, 3.8) is 0 Å². The molecule has 1 rings (SSSR count). The predicted octanol–water partition coefficient (Wildman–Crippen LogP) is 1.60. The van der Waals surface area contributed by atoms with E-state index in [1.807, 2.05) is 0 Å². The molecular formula is C14H28N2O3S. The number of carbonyl (C=O) groups excluding carboxylic acids is 1. The first kappa shape index (κ1) is 17.4. The van der Waals surface area contributed by atoms with Gasteiger partial charge < -0.3 is 5.32 Å². The number of hydrogen-bond donors (Lipinski definition) is 1. The van der Waals surface area contributed by atoms with Crippen molar-refractivity contribution in [2.24, 2.45) is 11.8 Å². The smallest absolute Gasteiger partial charge is 0.223 e. The third-order valence-corrected chi connectivity index (χ3v) is 5.72. The van der Waals surface area contributed by atoms with Gasteiger partial charge in [-0.2, -0.15) is 0 Å². The van der Waals surface area contributed by atoms with Gasteiger partial charge in [0.15, 0.2) is 0 Å². The molecule has 1 aliphatic heterocycles. The minimum Gasteiger partial charge on any atom is -0.356 e. The molecule has 0 radical (unpaired) electrons. The molecule has 0 aliphatic carbocycles. The molecule has 0 aromatic rings. The van der Waals surface area contributed by atoms with Crippen LogP contribution in [0.1, 0.15) is 46.5 Å². The largest absolute Gasteiger partial charge is 0.356 e. The molecule has 0 saturated carbocycles. The highest BCUT2D eigenvalue weighted by molar-refractivity contribution is 7.89. The first-order chi connectivity index (χ1) is 9.36. The molecule has 20 heavy (non-hydrogen) atoms. The summed E-state index contributed by atoms with van der Waals surface area (Å²) in [5.41, 5.74) is 0. The van der Waals surface area contributed by atoms with Gasteiger partial charge in [0.2, 0.25) is 15.9 Å². The van der Waals surface area contributed by atoms with Gasteiger partial charge in [0.05, 0.1) is 5.75 Å². The lowest BCUT2D eigenvalue weighted by Gasteiger charge is -2.30. The van der Waals surface area contributed by atoms with Crippen LogP contribution in [-0.2, 0) is 14.8 Å². The Morgan fingerprint density at radius 1 is 1.30 bits per heavy atom. The van der Waals surface area contributed by atoms with Gasteiger partial charge in [-0.15, -0.1) is 0 Å². The SMILES string of the molecule is CCS(=O)(=O)N1CCC(C(=O)NCCCC(C)C)CC1. The van der Waals surface area contributed by atoms with Crippen LogP contribution in [0.25, 0.3) is 0 Å². The Balaban J connectivity index is 2.29. The van der Waals surface area contributed by atoms with E-state index in [1.54, 1.807) is 6.92 Å². The number of carbonyl (C=O) groups is 1. The number of amides is 1. The summed E-state index contributed by atoms with van der Waals surface area (Å²) in [5, 5.41) is 2.97. The highest BCUT2D eigenvalue weighted by atomic mass is 32.2. The highest BCUT2D eigenvalue weighted by Gasteiger charge is 2.29. The average Bonchev–Trinajstić information content (AvgIpc) is 2.43. The summed E-state index contributed by atoms with van der Waals surface area (Å²) in [7, 11) is -3.10. The molecule has 0 bridgehead atoms. The monoisotopic (exact) mass is 304 g/mol. The second-order valence-electron chi connectivity index (χ2n) is 5.90. The van der Waals surface area contributed by atoms with Crippen LogP contribution in [0, 0.1) is 11.8 Å². The van der Waals surface area contributed by atoms with Crippen molar-refractivity contribution in [2.45, 2.75) is 46.5 Å². The third kappa shape index (κ3) is 5.40. The standard InChI is InChI=1S/C14H28N2O3S/c1-4-20(18,19)16-10-7-13(8-11-16)14(17)15-9-5-6-12(2)3/h12-13H,4-11H2,1-3H3,(H,15,17). The van der Waals surface area contributed by atoms with Crippen molar-refractivity contribution in [3.05, 3.63) is 0 Å². The van der Waals surface area contributed by atoms with Gasteiger partial charge in [0.25, 0.3) is 0 Å². The zero-order valence-electron chi connectivity index (χ0n) is 12.9. The van der Waals surface area contributed by atoms with Crippen molar-refractivity contribution in [2.75, 3.05) is 25.4 Å². The zero-order valence-corrected chi connectivity index (χ0v) is 13.7. The quantitative estimate of drug-likeness (QED) is 0.727. The molecule has 0 spiro atoms. The Hall–Kier alpha value is -0.620. The van der Waals surface area contributed by atoms with Crippen LogP contribution >= 0.6 is 0 Å². The number of nitrogens with one attached hydrogen (secondary N) is 1. The lowest BCUT2D eigenvalue weighted by Crippen LogP contribution is -2.43. The van der Waals surface area contributed by atoms with Crippen LogP contribution < -0.4 is 5.32 Å². The fraction of sp³-hybridized carbons (Fsp3) is 0.929. The molecule has 1 saturated heterocycles. The normalized spacial score (nSPS) is 18.4. The summed E-state index contributed by atoms with van der Waals surface area (Å²) in [6.45, 7) is 7.67. The van der Waals surface area contributed by atoms with E-state index in [0.29, 0.717) is 31.8 Å². The summed E-state index contributed by atoms with van der Waals surface area (Å²) in [4.78, 5) is 12.0. The topological polar surface area (TPSA) is 66.5 Å². The van der Waals surface area contributed by atoms with Crippen LogP contribution in [0.15, 0.2) is 0 Å². The Kier molecular flexibility index (Phi) is 6.95. The number of sulfonamides is 1. The summed E-state index contributed by atoms with van der Waals surface area (Å²) in [6.07, 6.45) is 3.39. The Morgan fingerprint density at radius 2 is 1.90 bits per heavy atom. The maximum Gasteiger partial charge on any atom is 0.223 e. The third-order valence-electron chi connectivity index (χ3n) is 3.84. The summed E-state index contributed by atoms with van der Waals surface area (Å²) in [5.74, 6) is 0.855. The van der Waals surface area contributed by atoms with Crippen molar-refractivity contribution in [1.82, 2.24) is 9.62 Å².